The fraction of sp³-hybridized carbons (Fsp3) is 0.600. The van der Waals surface area contributed by atoms with E-state index in [4.69, 9.17) is 4.74 Å². The number of imidazole rings is 1. The Morgan fingerprint density at radius 3 is 2.26 bits per heavy atom. The van der Waals surface area contributed by atoms with Gasteiger partial charge in [0.05, 0.1) is 12.1 Å². The smallest absolute Gasteiger partial charge is 0.416 e. The summed E-state index contributed by atoms with van der Waals surface area (Å²) in [5.41, 5.74) is -0.564. The van der Waals surface area contributed by atoms with Gasteiger partial charge in [-0.1, -0.05) is 0 Å². The lowest BCUT2D eigenvalue weighted by Gasteiger charge is -2.44. The molecule has 2 saturated heterocycles. The molecular weight excluding hydrogens is 521 g/mol. The predicted molar refractivity (Wildman–Crippen MR) is 134 cm³/mol. The number of nitro groups is 1. The lowest BCUT2D eigenvalue weighted by atomic mass is 9.95. The largest absolute Gasteiger partial charge is 0.465 e. The molecule has 14 heteroatoms. The number of aromatic nitrogens is 2. The molecule has 0 bridgehead atoms. The second-order valence-electron chi connectivity index (χ2n) is 10.8. The van der Waals surface area contributed by atoms with Crippen molar-refractivity contribution in [2.45, 2.75) is 63.0 Å². The number of alkyl halides is 3. The monoisotopic (exact) mass is 552 g/mol. The molecule has 5 rings (SSSR count). The molecule has 4 heterocycles. The van der Waals surface area contributed by atoms with Crippen molar-refractivity contribution in [3.05, 3.63) is 46.1 Å². The van der Waals surface area contributed by atoms with Gasteiger partial charge in [0.25, 0.3) is 0 Å². The van der Waals surface area contributed by atoms with Gasteiger partial charge in [0.2, 0.25) is 0 Å². The maximum absolute atomic E-state index is 12.9. The maximum atomic E-state index is 12.9. The van der Waals surface area contributed by atoms with Crippen molar-refractivity contribution in [1.29, 1.82) is 0 Å². The molecule has 0 radical (unpaired) electrons. The second kappa shape index (κ2) is 10.2. The zero-order valence-corrected chi connectivity index (χ0v) is 21.5. The SMILES string of the molecule is C[C@]1(CN2CCC(N(C(=O)O)C3CCN(c4ccc(C(F)(F)F)cc4)CC3)CC2)Cn2cc([N+](=O)[O-])nc2O1. The van der Waals surface area contributed by atoms with Crippen molar-refractivity contribution in [3.63, 3.8) is 0 Å². The standard InChI is InChI=1S/C25H31F3N6O5/c1-24(16-32-14-21(34(37)38)29-22(32)39-24)15-30-10-6-19(7-11-30)33(23(35)36)20-8-12-31(13-9-20)18-4-2-17(3-5-18)25(26,27)28/h2-5,14,19-20H,6-13,15-16H2,1H3,(H,35,36)/t24-/m0/s1. The Kier molecular flexibility index (Phi) is 7.08. The maximum Gasteiger partial charge on any atom is 0.416 e. The van der Waals surface area contributed by atoms with Gasteiger partial charge in [0.1, 0.15) is 11.8 Å². The molecular formula is C25H31F3N6O5. The van der Waals surface area contributed by atoms with Crippen molar-refractivity contribution < 1.29 is 32.7 Å². The Labute approximate surface area is 222 Å². The molecule has 0 spiro atoms. The molecule has 1 aromatic carbocycles. The van der Waals surface area contributed by atoms with Crippen LogP contribution in [0.15, 0.2) is 30.5 Å². The lowest BCUT2D eigenvalue weighted by Crippen LogP contribution is -2.55. The molecule has 0 unspecified atom stereocenters. The van der Waals surface area contributed by atoms with Crippen LogP contribution in [0.5, 0.6) is 6.01 Å². The molecule has 3 aliphatic heterocycles. The first kappa shape index (κ1) is 27.0. The highest BCUT2D eigenvalue weighted by Gasteiger charge is 2.43. The number of halogens is 3. The molecule has 3 aliphatic rings. The van der Waals surface area contributed by atoms with Crippen molar-refractivity contribution >= 4 is 17.6 Å². The number of fused-ring (bicyclic) bond motifs is 1. The minimum Gasteiger partial charge on any atom is -0.465 e. The second-order valence-corrected chi connectivity index (χ2v) is 10.8. The van der Waals surface area contributed by atoms with E-state index in [0.717, 1.165) is 12.1 Å². The Balaban J connectivity index is 1.13. The van der Waals surface area contributed by atoms with Gasteiger partial charge in [0, 0.05) is 55.5 Å². The molecule has 2 aromatic rings. The number of piperidine rings is 2. The van der Waals surface area contributed by atoms with Gasteiger partial charge in [-0.05, 0) is 61.8 Å². The number of carboxylic acid groups (broad SMARTS) is 1. The third-order valence-electron chi connectivity index (χ3n) is 7.90. The topological polar surface area (TPSA) is 117 Å². The summed E-state index contributed by atoms with van der Waals surface area (Å²) in [5, 5.41) is 21.0. The van der Waals surface area contributed by atoms with Crippen LogP contribution in [-0.4, -0.2) is 85.9 Å². The molecule has 1 atom stereocenters. The van der Waals surface area contributed by atoms with Crippen LogP contribution in [0.4, 0.5) is 29.5 Å². The number of rotatable bonds is 6. The van der Waals surface area contributed by atoms with Crippen LogP contribution < -0.4 is 9.64 Å². The number of hydrogen-bond donors (Lipinski definition) is 1. The summed E-state index contributed by atoms with van der Waals surface area (Å²) in [6, 6.07) is 5.07. The summed E-state index contributed by atoms with van der Waals surface area (Å²) in [6.45, 7) is 5.51. The Hall–Kier alpha value is -3.55. The first-order valence-corrected chi connectivity index (χ1v) is 13.0. The van der Waals surface area contributed by atoms with E-state index in [1.54, 1.807) is 9.47 Å². The van der Waals surface area contributed by atoms with Crippen LogP contribution in [0.1, 0.15) is 38.2 Å². The summed E-state index contributed by atoms with van der Waals surface area (Å²) in [5.74, 6) is -0.244. The molecule has 11 nitrogen and oxygen atoms in total. The fourth-order valence-electron chi connectivity index (χ4n) is 6.07. The van der Waals surface area contributed by atoms with Gasteiger partial charge in [0.15, 0.2) is 0 Å². The Bertz CT molecular complexity index is 1180. The predicted octanol–water partition coefficient (Wildman–Crippen LogP) is 4.07. The zero-order chi connectivity index (χ0) is 27.9. The summed E-state index contributed by atoms with van der Waals surface area (Å²) < 4.78 is 46.2. The van der Waals surface area contributed by atoms with Crippen molar-refractivity contribution in [3.8, 4) is 6.01 Å². The molecule has 2 fully saturated rings. The van der Waals surface area contributed by atoms with Crippen LogP contribution in [-0.2, 0) is 12.7 Å². The third kappa shape index (κ3) is 5.75. The van der Waals surface area contributed by atoms with E-state index in [1.807, 2.05) is 11.8 Å². The number of amides is 1. The summed E-state index contributed by atoms with van der Waals surface area (Å²) >= 11 is 0. The summed E-state index contributed by atoms with van der Waals surface area (Å²) in [4.78, 5) is 32.4. The zero-order valence-electron chi connectivity index (χ0n) is 21.5. The lowest BCUT2D eigenvalue weighted by molar-refractivity contribution is -0.389. The number of anilines is 1. The normalized spacial score (nSPS) is 22.9. The minimum atomic E-state index is -4.38. The number of likely N-dealkylation sites (tertiary alicyclic amines) is 1. The molecule has 1 aromatic heterocycles. The highest BCUT2D eigenvalue weighted by molar-refractivity contribution is 5.66. The van der Waals surface area contributed by atoms with E-state index >= 15 is 0 Å². The molecule has 0 saturated carbocycles. The average Bonchev–Trinajstić information content (AvgIpc) is 3.40. The first-order chi connectivity index (χ1) is 18.4. The van der Waals surface area contributed by atoms with Crippen LogP contribution in [0.2, 0.25) is 0 Å². The van der Waals surface area contributed by atoms with E-state index in [0.29, 0.717) is 70.6 Å². The Morgan fingerprint density at radius 1 is 1.15 bits per heavy atom. The molecule has 212 valence electrons. The summed E-state index contributed by atoms with van der Waals surface area (Å²) in [6.07, 6.45) is -1.37. The van der Waals surface area contributed by atoms with Crippen LogP contribution in [0.25, 0.3) is 0 Å². The van der Waals surface area contributed by atoms with Gasteiger partial charge in [-0.3, -0.25) is 9.47 Å². The highest BCUT2D eigenvalue weighted by Crippen LogP contribution is 2.34. The van der Waals surface area contributed by atoms with Crippen molar-refractivity contribution in [2.24, 2.45) is 0 Å². The molecule has 1 N–H and O–H groups in total. The van der Waals surface area contributed by atoms with E-state index in [9.17, 15) is 33.2 Å². The Morgan fingerprint density at radius 2 is 1.74 bits per heavy atom. The third-order valence-corrected chi connectivity index (χ3v) is 7.90. The van der Waals surface area contributed by atoms with Crippen LogP contribution in [0.3, 0.4) is 0 Å². The molecule has 1 amide bonds. The minimum absolute atomic E-state index is 0.114. The number of ether oxygens (including phenoxy) is 1. The van der Waals surface area contributed by atoms with Crippen molar-refractivity contribution in [2.75, 3.05) is 37.6 Å². The first-order valence-electron chi connectivity index (χ1n) is 13.0. The number of carbonyl (C=O) groups is 1. The van der Waals surface area contributed by atoms with E-state index in [1.165, 1.54) is 18.3 Å². The van der Waals surface area contributed by atoms with Gasteiger partial charge in [-0.25, -0.2) is 4.79 Å². The van der Waals surface area contributed by atoms with E-state index in [2.05, 4.69) is 9.88 Å². The summed E-state index contributed by atoms with van der Waals surface area (Å²) in [7, 11) is 0. The van der Waals surface area contributed by atoms with Gasteiger partial charge < -0.3 is 29.8 Å². The van der Waals surface area contributed by atoms with Gasteiger partial charge >= 0.3 is 24.1 Å². The fourth-order valence-corrected chi connectivity index (χ4v) is 6.07. The average molecular weight is 553 g/mol. The number of hydrogen-bond acceptors (Lipinski definition) is 7. The van der Waals surface area contributed by atoms with Gasteiger partial charge in [-0.2, -0.15) is 13.2 Å². The van der Waals surface area contributed by atoms with E-state index < -0.39 is 28.4 Å². The number of benzene rings is 1. The quantitative estimate of drug-likeness (QED) is 0.421. The molecule has 0 aliphatic carbocycles. The van der Waals surface area contributed by atoms with Crippen LogP contribution in [0, 0.1) is 10.1 Å². The number of nitrogens with zero attached hydrogens (tertiary/aromatic N) is 6. The van der Waals surface area contributed by atoms with E-state index in [-0.39, 0.29) is 23.9 Å². The van der Waals surface area contributed by atoms with Crippen molar-refractivity contribution in [1.82, 2.24) is 19.4 Å². The molecule has 39 heavy (non-hydrogen) atoms. The van der Waals surface area contributed by atoms with Gasteiger partial charge in [-0.15, -0.1) is 0 Å². The highest BCUT2D eigenvalue weighted by atomic mass is 19.4. The van der Waals surface area contributed by atoms with Crippen LogP contribution >= 0.6 is 0 Å².